The Morgan fingerprint density at radius 3 is 2.95 bits per heavy atom. The Morgan fingerprint density at radius 1 is 1.45 bits per heavy atom. The van der Waals surface area contributed by atoms with Gasteiger partial charge in [-0.15, -0.1) is 0 Å². The normalized spacial score (nSPS) is 12.6. The number of halogens is 2. The van der Waals surface area contributed by atoms with Crippen LogP contribution >= 0.6 is 11.6 Å². The third-order valence-corrected chi connectivity index (χ3v) is 3.62. The Labute approximate surface area is 123 Å². The number of aromatic nitrogens is 2. The Balaban J connectivity index is 2.24. The highest BCUT2D eigenvalue weighted by Gasteiger charge is 2.18. The van der Waals surface area contributed by atoms with E-state index in [1.807, 2.05) is 13.2 Å². The van der Waals surface area contributed by atoms with Gasteiger partial charge in [0.15, 0.2) is 0 Å². The zero-order valence-electron chi connectivity index (χ0n) is 11.7. The quantitative estimate of drug-likeness (QED) is 0.882. The first-order valence-electron chi connectivity index (χ1n) is 6.78. The van der Waals surface area contributed by atoms with Crippen LogP contribution in [-0.4, -0.2) is 16.6 Å². The highest BCUT2D eigenvalue weighted by Crippen LogP contribution is 2.23. The fourth-order valence-electron chi connectivity index (χ4n) is 2.31. The lowest BCUT2D eigenvalue weighted by atomic mass is 10.0. The van der Waals surface area contributed by atoms with Gasteiger partial charge in [-0.05, 0) is 31.5 Å². The predicted octanol–water partition coefficient (Wildman–Crippen LogP) is 3.59. The molecule has 2 aromatic rings. The monoisotopic (exact) mass is 295 g/mol. The number of aryl methyl sites for hydroxylation is 1. The maximum Gasteiger partial charge on any atom is 0.145 e. The fourth-order valence-corrected chi connectivity index (χ4v) is 2.50. The van der Waals surface area contributed by atoms with E-state index in [1.54, 1.807) is 24.4 Å². The molecule has 5 heteroatoms. The predicted molar refractivity (Wildman–Crippen MR) is 79.4 cm³/mol. The average molecular weight is 296 g/mol. The van der Waals surface area contributed by atoms with E-state index in [4.69, 9.17) is 11.6 Å². The molecule has 1 aromatic carbocycles. The molecule has 0 amide bonds. The van der Waals surface area contributed by atoms with E-state index in [-0.39, 0.29) is 16.9 Å². The minimum Gasteiger partial charge on any atom is -0.334 e. The summed E-state index contributed by atoms with van der Waals surface area (Å²) in [7, 11) is 1.86. The lowest BCUT2D eigenvalue weighted by molar-refractivity contribution is 0.500. The van der Waals surface area contributed by atoms with E-state index in [9.17, 15) is 4.39 Å². The molecule has 0 bridgehead atoms. The number of hydrogen-bond donors (Lipinski definition) is 1. The second kappa shape index (κ2) is 6.86. The number of imidazole rings is 1. The van der Waals surface area contributed by atoms with Crippen LogP contribution in [0, 0.1) is 5.82 Å². The van der Waals surface area contributed by atoms with Gasteiger partial charge in [-0.25, -0.2) is 9.37 Å². The van der Waals surface area contributed by atoms with Crippen molar-refractivity contribution in [2.24, 2.45) is 0 Å². The molecule has 1 aromatic heterocycles. The first-order chi connectivity index (χ1) is 9.67. The number of rotatable bonds is 6. The molecule has 1 heterocycles. The van der Waals surface area contributed by atoms with Gasteiger partial charge in [-0.2, -0.15) is 0 Å². The fraction of sp³-hybridized carbons (Fsp3) is 0.400. The molecule has 0 aliphatic carbocycles. The van der Waals surface area contributed by atoms with E-state index in [1.165, 1.54) is 0 Å². The third-order valence-electron chi connectivity index (χ3n) is 3.33. The molecule has 0 radical (unpaired) electrons. The van der Waals surface area contributed by atoms with Crippen LogP contribution in [0.15, 0.2) is 30.6 Å². The second-order valence-electron chi connectivity index (χ2n) is 4.74. The summed E-state index contributed by atoms with van der Waals surface area (Å²) >= 11 is 5.83. The number of nitrogens with one attached hydrogen (secondary N) is 1. The molecule has 20 heavy (non-hydrogen) atoms. The standard InChI is InChI=1S/C15H19ClFN3/c1-3-8-20-9-7-19-15(20)13(18-2)10-11-5-4-6-12(16)14(11)17/h4-7,9,13,18H,3,8,10H2,1-2H3. The van der Waals surface area contributed by atoms with Crippen LogP contribution in [-0.2, 0) is 13.0 Å². The molecule has 0 saturated carbocycles. The summed E-state index contributed by atoms with van der Waals surface area (Å²) in [6, 6.07) is 5.06. The molecule has 0 spiro atoms. The highest BCUT2D eigenvalue weighted by molar-refractivity contribution is 6.30. The number of benzene rings is 1. The summed E-state index contributed by atoms with van der Waals surface area (Å²) in [5, 5.41) is 3.37. The van der Waals surface area contributed by atoms with Gasteiger partial charge < -0.3 is 9.88 Å². The van der Waals surface area contributed by atoms with Gasteiger partial charge in [-0.1, -0.05) is 30.7 Å². The van der Waals surface area contributed by atoms with Gasteiger partial charge in [0.2, 0.25) is 0 Å². The molecule has 0 saturated heterocycles. The molecule has 3 nitrogen and oxygen atoms in total. The lowest BCUT2D eigenvalue weighted by Gasteiger charge is -2.18. The smallest absolute Gasteiger partial charge is 0.145 e. The molecular formula is C15H19ClFN3. The van der Waals surface area contributed by atoms with Crippen LogP contribution in [0.2, 0.25) is 5.02 Å². The zero-order chi connectivity index (χ0) is 14.5. The van der Waals surface area contributed by atoms with Crippen molar-refractivity contribution in [1.29, 1.82) is 0 Å². The SMILES string of the molecule is CCCn1ccnc1C(Cc1cccc(Cl)c1F)NC. The van der Waals surface area contributed by atoms with E-state index < -0.39 is 0 Å². The molecule has 0 fully saturated rings. The van der Waals surface area contributed by atoms with Crippen LogP contribution in [0.4, 0.5) is 4.39 Å². The van der Waals surface area contributed by atoms with Crippen LogP contribution in [0.5, 0.6) is 0 Å². The number of nitrogens with zero attached hydrogens (tertiary/aromatic N) is 2. The van der Waals surface area contributed by atoms with Crippen molar-refractivity contribution in [2.45, 2.75) is 32.4 Å². The Morgan fingerprint density at radius 2 is 2.25 bits per heavy atom. The van der Waals surface area contributed by atoms with E-state index in [0.29, 0.717) is 12.0 Å². The topological polar surface area (TPSA) is 29.9 Å². The van der Waals surface area contributed by atoms with Crippen molar-refractivity contribution in [3.8, 4) is 0 Å². The molecule has 2 rings (SSSR count). The van der Waals surface area contributed by atoms with Crippen molar-refractivity contribution >= 4 is 11.6 Å². The first kappa shape index (κ1) is 15.0. The van der Waals surface area contributed by atoms with E-state index >= 15 is 0 Å². The van der Waals surface area contributed by atoms with Crippen LogP contribution in [0.25, 0.3) is 0 Å². The number of hydrogen-bond acceptors (Lipinski definition) is 2. The second-order valence-corrected chi connectivity index (χ2v) is 5.14. The van der Waals surface area contributed by atoms with Gasteiger partial charge in [0.25, 0.3) is 0 Å². The zero-order valence-corrected chi connectivity index (χ0v) is 12.5. The van der Waals surface area contributed by atoms with Gasteiger partial charge >= 0.3 is 0 Å². The summed E-state index contributed by atoms with van der Waals surface area (Å²) in [5.74, 6) is 0.580. The molecule has 0 aliphatic heterocycles. The minimum atomic E-state index is -0.344. The van der Waals surface area contributed by atoms with Gasteiger partial charge in [0.05, 0.1) is 11.1 Å². The maximum atomic E-state index is 14.0. The Bertz CT molecular complexity index is 568. The molecule has 1 atom stereocenters. The highest BCUT2D eigenvalue weighted by atomic mass is 35.5. The van der Waals surface area contributed by atoms with Crippen molar-refractivity contribution in [2.75, 3.05) is 7.05 Å². The maximum absolute atomic E-state index is 14.0. The summed E-state index contributed by atoms with van der Waals surface area (Å²) in [5.41, 5.74) is 0.600. The molecule has 1 N–H and O–H groups in total. The first-order valence-corrected chi connectivity index (χ1v) is 7.16. The van der Waals surface area contributed by atoms with Gasteiger partial charge in [0, 0.05) is 18.9 Å². The molecule has 1 unspecified atom stereocenters. The average Bonchev–Trinajstić information content (AvgIpc) is 2.89. The summed E-state index contributed by atoms with van der Waals surface area (Å²) in [6.45, 7) is 3.03. The van der Waals surface area contributed by atoms with Crippen molar-refractivity contribution < 1.29 is 4.39 Å². The van der Waals surface area contributed by atoms with Crippen molar-refractivity contribution in [3.63, 3.8) is 0 Å². The molecule has 108 valence electrons. The summed E-state index contributed by atoms with van der Waals surface area (Å²) < 4.78 is 16.1. The minimum absolute atomic E-state index is 0.0375. The van der Waals surface area contributed by atoms with E-state index in [2.05, 4.69) is 21.8 Å². The van der Waals surface area contributed by atoms with E-state index in [0.717, 1.165) is 18.8 Å². The molecule has 0 aliphatic rings. The largest absolute Gasteiger partial charge is 0.334 e. The van der Waals surface area contributed by atoms with Crippen LogP contribution < -0.4 is 5.32 Å². The number of likely N-dealkylation sites (N-methyl/N-ethyl adjacent to an activating group) is 1. The van der Waals surface area contributed by atoms with Crippen LogP contribution in [0.1, 0.15) is 30.8 Å². The Kier molecular flexibility index (Phi) is 5.15. The van der Waals surface area contributed by atoms with Crippen molar-refractivity contribution in [3.05, 3.63) is 52.8 Å². The van der Waals surface area contributed by atoms with Crippen LogP contribution in [0.3, 0.4) is 0 Å². The lowest BCUT2D eigenvalue weighted by Crippen LogP contribution is -2.23. The van der Waals surface area contributed by atoms with Gasteiger partial charge in [0.1, 0.15) is 11.6 Å². The summed E-state index contributed by atoms with van der Waals surface area (Å²) in [6.07, 6.45) is 5.29. The molecular weight excluding hydrogens is 277 g/mol. The summed E-state index contributed by atoms with van der Waals surface area (Å²) in [4.78, 5) is 4.40. The van der Waals surface area contributed by atoms with Gasteiger partial charge in [-0.3, -0.25) is 0 Å². The third kappa shape index (κ3) is 3.19. The van der Waals surface area contributed by atoms with Crippen molar-refractivity contribution in [1.82, 2.24) is 14.9 Å². The Hall–Kier alpha value is -1.39.